The number of aldehydes is 1. The number of ether oxygens (including phenoxy) is 1. The number of nitrogens with zero attached hydrogens (tertiary/aromatic N) is 1. The Hall–Kier alpha value is -2.13. The lowest BCUT2D eigenvalue weighted by Gasteiger charge is -2.17. The maximum atomic E-state index is 10.9. The van der Waals surface area contributed by atoms with Crippen molar-refractivity contribution in [3.63, 3.8) is 0 Å². The van der Waals surface area contributed by atoms with Crippen molar-refractivity contribution < 1.29 is 9.53 Å². The molecule has 2 aromatic rings. The van der Waals surface area contributed by atoms with Crippen molar-refractivity contribution in [3.8, 4) is 5.75 Å². The zero-order chi connectivity index (χ0) is 14.9. The number of rotatable bonds is 8. The fourth-order valence-electron chi connectivity index (χ4n) is 2.20. The number of carbonyl (C=O) groups excluding carboxylic acids is 1. The molecule has 2 rings (SSSR count). The summed E-state index contributed by atoms with van der Waals surface area (Å²) in [5.41, 5.74) is 1.92. The van der Waals surface area contributed by atoms with Gasteiger partial charge in [-0.1, -0.05) is 42.5 Å². The molecule has 2 aromatic carbocycles. The van der Waals surface area contributed by atoms with Crippen LogP contribution in [0.15, 0.2) is 54.6 Å². The van der Waals surface area contributed by atoms with E-state index in [1.807, 2.05) is 24.3 Å². The highest BCUT2D eigenvalue weighted by molar-refractivity contribution is 5.79. The summed E-state index contributed by atoms with van der Waals surface area (Å²) in [7, 11) is 2.10. The zero-order valence-electron chi connectivity index (χ0n) is 12.4. The van der Waals surface area contributed by atoms with Crippen LogP contribution in [0.4, 0.5) is 0 Å². The second kappa shape index (κ2) is 8.22. The first kappa shape index (κ1) is 15.3. The van der Waals surface area contributed by atoms with Crippen LogP contribution >= 0.6 is 0 Å². The van der Waals surface area contributed by atoms with Gasteiger partial charge in [-0.25, -0.2) is 0 Å². The molecule has 0 bridgehead atoms. The summed E-state index contributed by atoms with van der Waals surface area (Å²) in [5, 5.41) is 0. The van der Waals surface area contributed by atoms with Gasteiger partial charge >= 0.3 is 0 Å². The molecule has 0 amide bonds. The third-order valence-electron chi connectivity index (χ3n) is 3.28. The van der Waals surface area contributed by atoms with Crippen LogP contribution in [0.3, 0.4) is 0 Å². The van der Waals surface area contributed by atoms with Gasteiger partial charge in [-0.3, -0.25) is 4.79 Å². The van der Waals surface area contributed by atoms with Crippen molar-refractivity contribution in [3.05, 3.63) is 65.7 Å². The van der Waals surface area contributed by atoms with Crippen molar-refractivity contribution in [1.29, 1.82) is 0 Å². The van der Waals surface area contributed by atoms with Crippen molar-refractivity contribution in [1.82, 2.24) is 4.90 Å². The van der Waals surface area contributed by atoms with Crippen LogP contribution in [0, 0.1) is 0 Å². The number of hydrogen-bond donors (Lipinski definition) is 0. The maximum absolute atomic E-state index is 10.9. The highest BCUT2D eigenvalue weighted by atomic mass is 16.5. The molecule has 0 saturated heterocycles. The maximum Gasteiger partial charge on any atom is 0.153 e. The predicted molar refractivity (Wildman–Crippen MR) is 84.7 cm³/mol. The summed E-state index contributed by atoms with van der Waals surface area (Å²) in [4.78, 5) is 13.2. The summed E-state index contributed by atoms with van der Waals surface area (Å²) in [6, 6.07) is 17.7. The van der Waals surface area contributed by atoms with Crippen molar-refractivity contribution in [2.75, 3.05) is 20.2 Å². The SMILES string of the molecule is CN(CCCOc1ccccc1C=O)Cc1ccccc1. The van der Waals surface area contributed by atoms with E-state index in [-0.39, 0.29) is 0 Å². The molecule has 0 fully saturated rings. The van der Waals surface area contributed by atoms with E-state index in [1.165, 1.54) is 5.56 Å². The molecular weight excluding hydrogens is 262 g/mol. The summed E-state index contributed by atoms with van der Waals surface area (Å²) in [6.45, 7) is 2.51. The first-order valence-corrected chi connectivity index (χ1v) is 7.19. The van der Waals surface area contributed by atoms with Crippen LogP contribution in [0.25, 0.3) is 0 Å². The predicted octanol–water partition coefficient (Wildman–Crippen LogP) is 3.40. The monoisotopic (exact) mass is 283 g/mol. The molecule has 3 nitrogen and oxygen atoms in total. The Morgan fingerprint density at radius 1 is 1.05 bits per heavy atom. The fraction of sp³-hybridized carbons (Fsp3) is 0.278. The first-order valence-electron chi connectivity index (χ1n) is 7.19. The molecule has 0 aromatic heterocycles. The van der Waals surface area contributed by atoms with Crippen LogP contribution < -0.4 is 4.74 Å². The van der Waals surface area contributed by atoms with E-state index in [2.05, 4.69) is 36.2 Å². The largest absolute Gasteiger partial charge is 0.493 e. The number of hydrogen-bond acceptors (Lipinski definition) is 3. The highest BCUT2D eigenvalue weighted by Gasteiger charge is 2.03. The first-order chi connectivity index (χ1) is 10.3. The third kappa shape index (κ3) is 5.04. The molecule has 0 aliphatic rings. The molecule has 0 unspecified atom stereocenters. The van der Waals surface area contributed by atoms with E-state index in [1.54, 1.807) is 6.07 Å². The lowest BCUT2D eigenvalue weighted by Crippen LogP contribution is -2.20. The lowest BCUT2D eigenvalue weighted by molar-refractivity contribution is 0.111. The molecule has 3 heteroatoms. The average Bonchev–Trinajstić information content (AvgIpc) is 2.53. The van der Waals surface area contributed by atoms with Crippen molar-refractivity contribution >= 4 is 6.29 Å². The normalized spacial score (nSPS) is 10.6. The summed E-state index contributed by atoms with van der Waals surface area (Å²) in [5.74, 6) is 0.665. The molecule has 0 atom stereocenters. The second-order valence-corrected chi connectivity index (χ2v) is 5.08. The smallest absolute Gasteiger partial charge is 0.153 e. The van der Waals surface area contributed by atoms with Gasteiger partial charge in [-0.15, -0.1) is 0 Å². The zero-order valence-corrected chi connectivity index (χ0v) is 12.4. The molecule has 0 aliphatic heterocycles. The van der Waals surface area contributed by atoms with Crippen molar-refractivity contribution in [2.45, 2.75) is 13.0 Å². The summed E-state index contributed by atoms with van der Waals surface area (Å²) >= 11 is 0. The lowest BCUT2D eigenvalue weighted by atomic mass is 10.2. The number of benzene rings is 2. The van der Waals surface area contributed by atoms with Gasteiger partial charge in [-0.2, -0.15) is 0 Å². The van der Waals surface area contributed by atoms with Gasteiger partial charge in [0.2, 0.25) is 0 Å². The fourth-order valence-corrected chi connectivity index (χ4v) is 2.20. The van der Waals surface area contributed by atoms with E-state index in [0.717, 1.165) is 25.8 Å². The molecule has 0 heterocycles. The van der Waals surface area contributed by atoms with Gasteiger partial charge in [0.15, 0.2) is 6.29 Å². The minimum atomic E-state index is 0.607. The Bertz CT molecular complexity index is 554. The molecule has 0 saturated carbocycles. The number of carbonyl (C=O) groups is 1. The molecule has 0 radical (unpaired) electrons. The van der Waals surface area contributed by atoms with E-state index in [9.17, 15) is 4.79 Å². The van der Waals surface area contributed by atoms with Crippen LogP contribution in [0.2, 0.25) is 0 Å². The van der Waals surface area contributed by atoms with Gasteiger partial charge in [0.05, 0.1) is 12.2 Å². The summed E-state index contributed by atoms with van der Waals surface area (Å²) in [6.07, 6.45) is 1.76. The third-order valence-corrected chi connectivity index (χ3v) is 3.28. The molecule has 0 aliphatic carbocycles. The van der Waals surface area contributed by atoms with E-state index >= 15 is 0 Å². The quantitative estimate of drug-likeness (QED) is 0.549. The van der Waals surface area contributed by atoms with Gasteiger partial charge < -0.3 is 9.64 Å². The van der Waals surface area contributed by atoms with Crippen LogP contribution in [0.5, 0.6) is 5.75 Å². The molecular formula is C18H21NO2. The van der Waals surface area contributed by atoms with Gasteiger partial charge in [0, 0.05) is 13.1 Å². The Labute approximate surface area is 126 Å². The van der Waals surface area contributed by atoms with Gasteiger partial charge in [0.25, 0.3) is 0 Å². The van der Waals surface area contributed by atoms with Crippen LogP contribution in [-0.2, 0) is 6.54 Å². The second-order valence-electron chi connectivity index (χ2n) is 5.08. The molecule has 0 spiro atoms. The van der Waals surface area contributed by atoms with Crippen LogP contribution in [-0.4, -0.2) is 31.4 Å². The summed E-state index contributed by atoms with van der Waals surface area (Å²) < 4.78 is 5.67. The minimum Gasteiger partial charge on any atom is -0.493 e. The highest BCUT2D eigenvalue weighted by Crippen LogP contribution is 2.15. The molecule has 21 heavy (non-hydrogen) atoms. The topological polar surface area (TPSA) is 29.5 Å². The van der Waals surface area contributed by atoms with Gasteiger partial charge in [0.1, 0.15) is 5.75 Å². The van der Waals surface area contributed by atoms with Crippen LogP contribution in [0.1, 0.15) is 22.3 Å². The average molecular weight is 283 g/mol. The Kier molecular flexibility index (Phi) is 5.98. The van der Waals surface area contributed by atoms with E-state index in [4.69, 9.17) is 4.74 Å². The molecule has 110 valence electrons. The Morgan fingerprint density at radius 2 is 1.76 bits per heavy atom. The Balaban J connectivity index is 1.71. The van der Waals surface area contributed by atoms with Gasteiger partial charge in [-0.05, 0) is 31.2 Å². The molecule has 0 N–H and O–H groups in total. The minimum absolute atomic E-state index is 0.607. The van der Waals surface area contributed by atoms with E-state index < -0.39 is 0 Å². The number of para-hydroxylation sites is 1. The Morgan fingerprint density at radius 3 is 2.52 bits per heavy atom. The standard InChI is InChI=1S/C18H21NO2/c1-19(14-16-8-3-2-4-9-16)12-7-13-21-18-11-6-5-10-17(18)15-20/h2-6,8-11,15H,7,12-14H2,1H3. The van der Waals surface area contributed by atoms with E-state index in [0.29, 0.717) is 17.9 Å². The van der Waals surface area contributed by atoms with Crippen molar-refractivity contribution in [2.24, 2.45) is 0 Å².